The molecule has 1 aliphatic heterocycles. The molecule has 0 unspecified atom stereocenters. The van der Waals surface area contributed by atoms with Crippen LogP contribution < -0.4 is 18.9 Å². The fraction of sp³-hybridized carbons (Fsp3) is 0.316. The number of rotatable bonds is 5. The van der Waals surface area contributed by atoms with E-state index in [0.29, 0.717) is 39.6 Å². The van der Waals surface area contributed by atoms with Gasteiger partial charge in [-0.1, -0.05) is 66.7 Å². The molecule has 0 spiro atoms. The van der Waals surface area contributed by atoms with Gasteiger partial charge >= 0.3 is 0 Å². The van der Waals surface area contributed by atoms with E-state index in [0.717, 1.165) is 81.7 Å². The van der Waals surface area contributed by atoms with Crippen LogP contribution in [0.5, 0.6) is 23.0 Å². The first-order valence-corrected chi connectivity index (χ1v) is 15.6. The average molecular weight is 608 g/mol. The lowest BCUT2D eigenvalue weighted by atomic mass is 9.92. The van der Waals surface area contributed by atoms with Crippen LogP contribution in [0.3, 0.4) is 0 Å². The molecule has 1 aliphatic rings. The van der Waals surface area contributed by atoms with E-state index in [1.165, 1.54) is 5.56 Å². The minimum Gasteiger partial charge on any atom is -0.493 e. The lowest BCUT2D eigenvalue weighted by Gasteiger charge is -2.22. The Hall–Kier alpha value is -4.30. The van der Waals surface area contributed by atoms with Crippen molar-refractivity contribution in [3.8, 4) is 34.1 Å². The van der Waals surface area contributed by atoms with Crippen molar-refractivity contribution in [2.24, 2.45) is 0 Å². The summed E-state index contributed by atoms with van der Waals surface area (Å²) >= 11 is 0. The van der Waals surface area contributed by atoms with E-state index >= 15 is 0 Å². The molecular formula is C38H41NO6. The zero-order valence-corrected chi connectivity index (χ0v) is 26.1. The van der Waals surface area contributed by atoms with E-state index in [-0.39, 0.29) is 0 Å². The Kier molecular flexibility index (Phi) is 10.3. The van der Waals surface area contributed by atoms with Crippen molar-refractivity contribution in [1.29, 1.82) is 0 Å². The Morgan fingerprint density at radius 3 is 1.69 bits per heavy atom. The molecule has 7 heteroatoms. The summed E-state index contributed by atoms with van der Waals surface area (Å²) in [6, 6.07) is 31.3. The molecule has 0 atom stereocenters. The Morgan fingerprint density at radius 2 is 1.13 bits per heavy atom. The summed E-state index contributed by atoms with van der Waals surface area (Å²) in [6.45, 7) is 5.55. The van der Waals surface area contributed by atoms with Crippen LogP contribution in [0.25, 0.3) is 32.7 Å². The Morgan fingerprint density at radius 1 is 0.578 bits per heavy atom. The lowest BCUT2D eigenvalue weighted by Crippen LogP contribution is -2.33. The summed E-state index contributed by atoms with van der Waals surface area (Å²) in [5, 5.41) is 4.54. The molecule has 7 nitrogen and oxygen atoms in total. The van der Waals surface area contributed by atoms with Crippen LogP contribution in [0.4, 0.5) is 0 Å². The molecule has 0 saturated carbocycles. The van der Waals surface area contributed by atoms with Gasteiger partial charge in [-0.2, -0.15) is 0 Å². The maximum atomic E-state index is 6.46. The van der Waals surface area contributed by atoms with Crippen LogP contribution >= 0.6 is 0 Å². The highest BCUT2D eigenvalue weighted by atomic mass is 16.5. The number of methoxy groups -OCH3 is 2. The molecule has 5 aromatic carbocycles. The van der Waals surface area contributed by atoms with Gasteiger partial charge in [-0.05, 0) is 57.8 Å². The zero-order chi connectivity index (χ0) is 30.8. The second-order valence-corrected chi connectivity index (χ2v) is 11.0. The van der Waals surface area contributed by atoms with Crippen molar-refractivity contribution < 1.29 is 28.4 Å². The third-order valence-electron chi connectivity index (χ3n) is 8.27. The number of ether oxygens (including phenoxy) is 6. The Labute approximate surface area is 265 Å². The highest BCUT2D eigenvalue weighted by Gasteiger charge is 2.19. The normalized spacial score (nSPS) is 15.3. The second-order valence-electron chi connectivity index (χ2n) is 11.0. The SMILES string of the molecule is COc1ccc(CCN2CCOCCOc3ccc4ccccc4c3-c3c(ccc4ccccc34)OCCOCC2)cc1OC. The van der Waals surface area contributed by atoms with Gasteiger partial charge in [0.25, 0.3) is 0 Å². The molecule has 5 aromatic rings. The van der Waals surface area contributed by atoms with Crippen molar-refractivity contribution in [2.45, 2.75) is 6.42 Å². The average Bonchev–Trinajstić information content (AvgIpc) is 3.09. The number of nitrogens with zero attached hydrogens (tertiary/aromatic N) is 1. The van der Waals surface area contributed by atoms with E-state index in [4.69, 9.17) is 28.4 Å². The molecule has 45 heavy (non-hydrogen) atoms. The van der Waals surface area contributed by atoms with Gasteiger partial charge in [-0.25, -0.2) is 0 Å². The monoisotopic (exact) mass is 607 g/mol. The topological polar surface area (TPSA) is 58.6 Å². The highest BCUT2D eigenvalue weighted by Crippen LogP contribution is 2.45. The maximum absolute atomic E-state index is 6.46. The van der Waals surface area contributed by atoms with Crippen LogP contribution in [0.1, 0.15) is 5.56 Å². The summed E-state index contributed by atoms with van der Waals surface area (Å²) in [5.74, 6) is 3.11. The number of hydrogen-bond donors (Lipinski definition) is 0. The maximum Gasteiger partial charge on any atom is 0.160 e. The van der Waals surface area contributed by atoms with Gasteiger partial charge in [0.15, 0.2) is 11.5 Å². The van der Waals surface area contributed by atoms with E-state index in [1.807, 2.05) is 12.1 Å². The first kappa shape index (κ1) is 30.7. The molecule has 0 bridgehead atoms. The molecule has 0 amide bonds. The van der Waals surface area contributed by atoms with Crippen molar-refractivity contribution in [3.05, 3.63) is 96.6 Å². The smallest absolute Gasteiger partial charge is 0.160 e. The van der Waals surface area contributed by atoms with Gasteiger partial charge in [-0.3, -0.25) is 4.90 Å². The molecule has 1 heterocycles. The minimum atomic E-state index is 0.445. The fourth-order valence-corrected chi connectivity index (χ4v) is 5.93. The van der Waals surface area contributed by atoms with Gasteiger partial charge in [0, 0.05) is 30.8 Å². The van der Waals surface area contributed by atoms with Crippen LogP contribution in [0.15, 0.2) is 91.0 Å². The first-order chi connectivity index (χ1) is 22.2. The molecule has 0 aromatic heterocycles. The van der Waals surface area contributed by atoms with Crippen molar-refractivity contribution >= 4 is 21.5 Å². The quantitative estimate of drug-likeness (QED) is 0.213. The van der Waals surface area contributed by atoms with E-state index < -0.39 is 0 Å². The van der Waals surface area contributed by atoms with Gasteiger partial charge in [0.05, 0.1) is 40.6 Å². The summed E-state index contributed by atoms with van der Waals surface area (Å²) in [4.78, 5) is 2.37. The van der Waals surface area contributed by atoms with Crippen LogP contribution in [0, 0.1) is 0 Å². The Balaban J connectivity index is 1.22. The van der Waals surface area contributed by atoms with Gasteiger partial charge in [0.1, 0.15) is 24.7 Å². The van der Waals surface area contributed by atoms with Crippen LogP contribution in [-0.2, 0) is 15.9 Å². The second kappa shape index (κ2) is 15.1. The summed E-state index contributed by atoms with van der Waals surface area (Å²) in [7, 11) is 3.32. The van der Waals surface area contributed by atoms with E-state index in [1.54, 1.807) is 14.2 Å². The number of hydrogen-bond acceptors (Lipinski definition) is 7. The highest BCUT2D eigenvalue weighted by molar-refractivity contribution is 6.09. The molecule has 0 fully saturated rings. The Bertz CT molecular complexity index is 1620. The minimum absolute atomic E-state index is 0.445. The number of fused-ring (bicyclic) bond motifs is 7. The lowest BCUT2D eigenvalue weighted by molar-refractivity contribution is 0.0564. The first-order valence-electron chi connectivity index (χ1n) is 15.6. The van der Waals surface area contributed by atoms with E-state index in [9.17, 15) is 0 Å². The largest absolute Gasteiger partial charge is 0.493 e. The van der Waals surface area contributed by atoms with Crippen molar-refractivity contribution in [3.63, 3.8) is 0 Å². The molecule has 0 aliphatic carbocycles. The summed E-state index contributed by atoms with van der Waals surface area (Å²) in [5.41, 5.74) is 3.26. The molecular weight excluding hydrogens is 566 g/mol. The number of benzene rings is 5. The summed E-state index contributed by atoms with van der Waals surface area (Å²) in [6.07, 6.45) is 0.877. The van der Waals surface area contributed by atoms with Gasteiger partial charge in [-0.15, -0.1) is 0 Å². The van der Waals surface area contributed by atoms with Crippen molar-refractivity contribution in [1.82, 2.24) is 4.90 Å². The van der Waals surface area contributed by atoms with E-state index in [2.05, 4.69) is 83.8 Å². The predicted octanol–water partition coefficient (Wildman–Crippen LogP) is 7.03. The third-order valence-corrected chi connectivity index (χ3v) is 8.27. The summed E-state index contributed by atoms with van der Waals surface area (Å²) < 4.78 is 36.0. The molecule has 0 saturated heterocycles. The van der Waals surface area contributed by atoms with Crippen LogP contribution in [0.2, 0.25) is 0 Å². The van der Waals surface area contributed by atoms with Crippen molar-refractivity contribution in [2.75, 3.05) is 73.5 Å². The van der Waals surface area contributed by atoms with Gasteiger partial charge in [0.2, 0.25) is 0 Å². The zero-order valence-electron chi connectivity index (χ0n) is 26.1. The standard InChI is InChI=1S/C38H41NO6/c1-40-33-14-11-28(27-36(33)41-2)17-18-39-19-21-42-23-25-44-34-15-12-29-7-3-5-9-31(29)37(34)38-32-10-6-4-8-30(32)13-16-35(38)45-26-24-43-22-20-39/h3-16,27H,17-26H2,1-2H3. The molecule has 0 N–H and O–H groups in total. The molecule has 234 valence electrons. The van der Waals surface area contributed by atoms with Gasteiger partial charge < -0.3 is 28.4 Å². The molecule has 6 rings (SSSR count). The van der Waals surface area contributed by atoms with Crippen LogP contribution in [-0.4, -0.2) is 78.4 Å². The molecule has 0 radical (unpaired) electrons. The fourth-order valence-electron chi connectivity index (χ4n) is 5.93. The third kappa shape index (κ3) is 7.34. The predicted molar refractivity (Wildman–Crippen MR) is 179 cm³/mol.